The summed E-state index contributed by atoms with van der Waals surface area (Å²) in [6, 6.07) is 9.48. The fraction of sp³-hybridized carbons (Fsp3) is 0.214. The third-order valence-corrected chi connectivity index (χ3v) is 2.75. The van der Waals surface area contributed by atoms with Gasteiger partial charge in [-0.3, -0.25) is 0 Å². The van der Waals surface area contributed by atoms with E-state index in [0.717, 1.165) is 16.9 Å². The van der Waals surface area contributed by atoms with Gasteiger partial charge in [-0.25, -0.2) is 4.98 Å². The average Bonchev–Trinajstić information content (AvgIpc) is 2.36. The highest BCUT2D eigenvalue weighted by atomic mass is 16.5. The Morgan fingerprint density at radius 1 is 1.18 bits per heavy atom. The van der Waals surface area contributed by atoms with Crippen LogP contribution in [0.15, 0.2) is 36.5 Å². The van der Waals surface area contributed by atoms with Gasteiger partial charge in [0.05, 0.1) is 6.61 Å². The molecule has 1 aromatic carbocycles. The maximum Gasteiger partial charge on any atom is 0.219 e. The molecule has 1 heterocycles. The fourth-order valence-electron chi connectivity index (χ4n) is 1.51. The molecule has 2 rings (SSSR count). The third kappa shape index (κ3) is 2.63. The Balaban J connectivity index is 2.22. The first-order chi connectivity index (χ1) is 8.20. The number of aliphatic hydroxyl groups excluding tert-OH is 1. The summed E-state index contributed by atoms with van der Waals surface area (Å²) in [5.41, 5.74) is 3.08. The van der Waals surface area contributed by atoms with Crippen LogP contribution in [0, 0.1) is 13.8 Å². The van der Waals surface area contributed by atoms with Crippen molar-refractivity contribution in [3.05, 3.63) is 53.2 Å². The number of aromatic nitrogens is 1. The molecule has 0 atom stereocenters. The van der Waals surface area contributed by atoms with Gasteiger partial charge in [0.2, 0.25) is 5.88 Å². The summed E-state index contributed by atoms with van der Waals surface area (Å²) in [4.78, 5) is 4.13. The molecule has 1 aromatic heterocycles. The van der Waals surface area contributed by atoms with Gasteiger partial charge in [0.15, 0.2) is 0 Å². The summed E-state index contributed by atoms with van der Waals surface area (Å²) >= 11 is 0. The Bertz CT molecular complexity index is 506. The Morgan fingerprint density at radius 3 is 2.65 bits per heavy atom. The van der Waals surface area contributed by atoms with Crippen molar-refractivity contribution < 1.29 is 9.84 Å². The number of rotatable bonds is 3. The average molecular weight is 229 g/mol. The highest BCUT2D eigenvalue weighted by Crippen LogP contribution is 2.25. The molecule has 17 heavy (non-hydrogen) atoms. The fourth-order valence-corrected chi connectivity index (χ4v) is 1.51. The molecule has 88 valence electrons. The monoisotopic (exact) mass is 229 g/mol. The molecular formula is C14H15NO2. The Morgan fingerprint density at radius 2 is 2.00 bits per heavy atom. The van der Waals surface area contributed by atoms with Crippen LogP contribution in [-0.4, -0.2) is 10.1 Å². The van der Waals surface area contributed by atoms with E-state index >= 15 is 0 Å². The lowest BCUT2D eigenvalue weighted by Crippen LogP contribution is -1.93. The summed E-state index contributed by atoms with van der Waals surface area (Å²) in [6.07, 6.45) is 1.61. The number of aryl methyl sites for hydroxylation is 1. The van der Waals surface area contributed by atoms with Crippen LogP contribution in [-0.2, 0) is 6.61 Å². The molecule has 0 amide bonds. The van der Waals surface area contributed by atoms with Crippen LogP contribution < -0.4 is 4.74 Å². The van der Waals surface area contributed by atoms with Crippen molar-refractivity contribution in [3.8, 4) is 11.6 Å². The van der Waals surface area contributed by atoms with Crippen LogP contribution in [0.25, 0.3) is 0 Å². The van der Waals surface area contributed by atoms with Crippen molar-refractivity contribution in [1.82, 2.24) is 4.98 Å². The first-order valence-electron chi connectivity index (χ1n) is 5.50. The van der Waals surface area contributed by atoms with E-state index < -0.39 is 0 Å². The van der Waals surface area contributed by atoms with E-state index in [1.54, 1.807) is 18.3 Å². The summed E-state index contributed by atoms with van der Waals surface area (Å²) in [5, 5.41) is 8.92. The molecule has 0 saturated carbocycles. The predicted molar refractivity (Wildman–Crippen MR) is 66.1 cm³/mol. The maximum absolute atomic E-state index is 8.92. The van der Waals surface area contributed by atoms with Gasteiger partial charge < -0.3 is 9.84 Å². The Kier molecular flexibility index (Phi) is 3.40. The van der Waals surface area contributed by atoms with Gasteiger partial charge in [0, 0.05) is 12.3 Å². The lowest BCUT2D eigenvalue weighted by Gasteiger charge is -2.09. The summed E-state index contributed by atoms with van der Waals surface area (Å²) in [5.74, 6) is 1.35. The molecule has 0 aliphatic rings. The highest BCUT2D eigenvalue weighted by molar-refractivity contribution is 5.40. The summed E-state index contributed by atoms with van der Waals surface area (Å²) in [6.45, 7) is 4.06. The van der Waals surface area contributed by atoms with Gasteiger partial charge in [-0.15, -0.1) is 0 Å². The van der Waals surface area contributed by atoms with Crippen molar-refractivity contribution in [2.75, 3.05) is 0 Å². The van der Waals surface area contributed by atoms with Gasteiger partial charge >= 0.3 is 0 Å². The number of pyridine rings is 1. The lowest BCUT2D eigenvalue weighted by molar-refractivity contribution is 0.281. The van der Waals surface area contributed by atoms with Gasteiger partial charge in [-0.1, -0.05) is 12.1 Å². The number of nitrogens with zero attached hydrogens (tertiary/aromatic N) is 1. The van der Waals surface area contributed by atoms with Crippen LogP contribution >= 0.6 is 0 Å². The normalized spacial score (nSPS) is 10.3. The van der Waals surface area contributed by atoms with Crippen molar-refractivity contribution >= 4 is 0 Å². The lowest BCUT2D eigenvalue weighted by atomic mass is 10.1. The van der Waals surface area contributed by atoms with Crippen molar-refractivity contribution in [2.24, 2.45) is 0 Å². The Hall–Kier alpha value is -1.87. The minimum atomic E-state index is -0.00322. The van der Waals surface area contributed by atoms with E-state index in [1.165, 1.54) is 5.56 Å². The molecule has 1 N–H and O–H groups in total. The SMILES string of the molecule is Cc1cccc(Oc2ccc(CO)cn2)c1C. The summed E-state index contributed by atoms with van der Waals surface area (Å²) in [7, 11) is 0. The van der Waals surface area contributed by atoms with Crippen LogP contribution in [0.2, 0.25) is 0 Å². The molecule has 0 radical (unpaired) electrons. The number of hydrogen-bond donors (Lipinski definition) is 1. The second-order valence-electron chi connectivity index (χ2n) is 3.96. The number of hydrogen-bond acceptors (Lipinski definition) is 3. The second-order valence-corrected chi connectivity index (χ2v) is 3.96. The van der Waals surface area contributed by atoms with E-state index in [4.69, 9.17) is 9.84 Å². The zero-order valence-electron chi connectivity index (χ0n) is 9.97. The zero-order valence-corrected chi connectivity index (χ0v) is 9.97. The molecule has 0 aliphatic heterocycles. The third-order valence-electron chi connectivity index (χ3n) is 2.75. The standard InChI is InChI=1S/C14H15NO2/c1-10-4-3-5-13(11(10)2)17-14-7-6-12(9-16)8-15-14/h3-8,16H,9H2,1-2H3. The molecule has 0 bridgehead atoms. The number of ether oxygens (including phenoxy) is 1. The molecule has 3 heteroatoms. The van der Waals surface area contributed by atoms with Gasteiger partial charge in [0.1, 0.15) is 5.75 Å². The van der Waals surface area contributed by atoms with Crippen LogP contribution in [0.4, 0.5) is 0 Å². The molecule has 0 saturated heterocycles. The maximum atomic E-state index is 8.92. The van der Waals surface area contributed by atoms with E-state index in [1.807, 2.05) is 32.0 Å². The van der Waals surface area contributed by atoms with E-state index in [-0.39, 0.29) is 6.61 Å². The van der Waals surface area contributed by atoms with Crippen molar-refractivity contribution in [3.63, 3.8) is 0 Å². The van der Waals surface area contributed by atoms with Crippen molar-refractivity contribution in [2.45, 2.75) is 20.5 Å². The van der Waals surface area contributed by atoms with Gasteiger partial charge in [-0.05, 0) is 42.7 Å². The van der Waals surface area contributed by atoms with Gasteiger partial charge in [-0.2, -0.15) is 0 Å². The quantitative estimate of drug-likeness (QED) is 0.879. The molecule has 0 fully saturated rings. The van der Waals surface area contributed by atoms with Crippen LogP contribution in [0.1, 0.15) is 16.7 Å². The van der Waals surface area contributed by atoms with E-state index in [9.17, 15) is 0 Å². The molecule has 0 unspecified atom stereocenters. The van der Waals surface area contributed by atoms with Gasteiger partial charge in [0.25, 0.3) is 0 Å². The highest BCUT2D eigenvalue weighted by Gasteiger charge is 2.04. The molecule has 2 aromatic rings. The van der Waals surface area contributed by atoms with Crippen molar-refractivity contribution in [1.29, 1.82) is 0 Å². The largest absolute Gasteiger partial charge is 0.439 e. The molecule has 0 spiro atoms. The van der Waals surface area contributed by atoms with Crippen LogP contribution in [0.5, 0.6) is 11.6 Å². The molecule has 0 aliphatic carbocycles. The number of aliphatic hydroxyl groups is 1. The first kappa shape index (κ1) is 11.6. The van der Waals surface area contributed by atoms with Crippen LogP contribution in [0.3, 0.4) is 0 Å². The molecular weight excluding hydrogens is 214 g/mol. The minimum absolute atomic E-state index is 0.00322. The predicted octanol–water partition coefficient (Wildman–Crippen LogP) is 2.98. The smallest absolute Gasteiger partial charge is 0.219 e. The van der Waals surface area contributed by atoms with E-state index in [2.05, 4.69) is 4.98 Å². The summed E-state index contributed by atoms with van der Waals surface area (Å²) < 4.78 is 5.70. The Labute approximate surface area is 101 Å². The first-order valence-corrected chi connectivity index (χ1v) is 5.50. The second kappa shape index (κ2) is 4.97. The topological polar surface area (TPSA) is 42.4 Å². The number of benzene rings is 1. The van der Waals surface area contributed by atoms with E-state index in [0.29, 0.717) is 5.88 Å². The zero-order chi connectivity index (χ0) is 12.3. The molecule has 3 nitrogen and oxygen atoms in total. The minimum Gasteiger partial charge on any atom is -0.439 e.